The van der Waals surface area contributed by atoms with Crippen LogP contribution in [0.3, 0.4) is 0 Å². The Bertz CT molecular complexity index is 359. The van der Waals surface area contributed by atoms with Crippen LogP contribution in [-0.2, 0) is 9.53 Å². The average molecular weight is 271 g/mol. The van der Waals surface area contributed by atoms with E-state index >= 15 is 0 Å². The molecule has 1 amide bonds. The summed E-state index contributed by atoms with van der Waals surface area (Å²) >= 11 is 0. The van der Waals surface area contributed by atoms with Gasteiger partial charge in [-0.15, -0.1) is 0 Å². The van der Waals surface area contributed by atoms with Gasteiger partial charge in [-0.2, -0.15) is 0 Å². The second kappa shape index (κ2) is 5.39. The summed E-state index contributed by atoms with van der Waals surface area (Å²) in [4.78, 5) is 23.3. The Labute approximate surface area is 114 Å². The first-order chi connectivity index (χ1) is 8.57. The minimum absolute atomic E-state index is 0.0162. The lowest BCUT2D eigenvalue weighted by Crippen LogP contribution is -2.65. The summed E-state index contributed by atoms with van der Waals surface area (Å²) in [7, 11) is 0. The van der Waals surface area contributed by atoms with Gasteiger partial charge < -0.3 is 15.2 Å². The van der Waals surface area contributed by atoms with Crippen LogP contribution in [0, 0.1) is 11.8 Å². The van der Waals surface area contributed by atoms with Gasteiger partial charge in [-0.05, 0) is 51.9 Å². The van der Waals surface area contributed by atoms with Crippen LogP contribution in [0.5, 0.6) is 0 Å². The quantitative estimate of drug-likeness (QED) is 0.824. The molecule has 1 saturated carbocycles. The van der Waals surface area contributed by atoms with Crippen LogP contribution in [0.4, 0.5) is 4.79 Å². The molecule has 1 aliphatic rings. The molecule has 5 heteroatoms. The highest BCUT2D eigenvalue weighted by molar-refractivity contribution is 5.86. The van der Waals surface area contributed by atoms with Crippen LogP contribution in [0.15, 0.2) is 0 Å². The topological polar surface area (TPSA) is 75.6 Å². The molecule has 0 aliphatic heterocycles. The smallest absolute Gasteiger partial charge is 0.408 e. The van der Waals surface area contributed by atoms with Gasteiger partial charge in [0.05, 0.1) is 0 Å². The van der Waals surface area contributed by atoms with E-state index in [4.69, 9.17) is 4.74 Å². The first-order valence-corrected chi connectivity index (χ1v) is 6.81. The molecule has 2 atom stereocenters. The molecule has 2 N–H and O–H groups in total. The number of amides is 1. The van der Waals surface area contributed by atoms with Gasteiger partial charge in [0.15, 0.2) is 0 Å². The number of hydrogen-bond acceptors (Lipinski definition) is 3. The van der Waals surface area contributed by atoms with Crippen molar-refractivity contribution in [1.82, 2.24) is 5.32 Å². The maximum Gasteiger partial charge on any atom is 0.408 e. The predicted molar refractivity (Wildman–Crippen MR) is 71.9 cm³/mol. The molecular weight excluding hydrogens is 246 g/mol. The third-order valence-electron chi connectivity index (χ3n) is 3.45. The highest BCUT2D eigenvalue weighted by Gasteiger charge is 2.54. The summed E-state index contributed by atoms with van der Waals surface area (Å²) < 4.78 is 5.16. The number of carbonyl (C=O) groups is 2. The van der Waals surface area contributed by atoms with Crippen molar-refractivity contribution in [3.63, 3.8) is 0 Å². The maximum absolute atomic E-state index is 11.8. The molecule has 19 heavy (non-hydrogen) atoms. The van der Waals surface area contributed by atoms with E-state index in [0.717, 1.165) is 12.8 Å². The fraction of sp³-hybridized carbons (Fsp3) is 0.857. The number of ether oxygens (including phenoxy) is 1. The largest absolute Gasteiger partial charge is 0.479 e. The van der Waals surface area contributed by atoms with Crippen LogP contribution < -0.4 is 5.32 Å². The maximum atomic E-state index is 11.8. The normalized spacial score (nSPS) is 26.7. The van der Waals surface area contributed by atoms with E-state index in [2.05, 4.69) is 19.2 Å². The molecule has 1 rings (SSSR count). The third kappa shape index (κ3) is 3.85. The summed E-state index contributed by atoms with van der Waals surface area (Å²) in [5.41, 5.74) is -1.77. The van der Waals surface area contributed by atoms with Crippen molar-refractivity contribution in [2.24, 2.45) is 11.8 Å². The van der Waals surface area contributed by atoms with Gasteiger partial charge in [-0.25, -0.2) is 9.59 Å². The van der Waals surface area contributed by atoms with Gasteiger partial charge >= 0.3 is 12.1 Å². The zero-order valence-corrected chi connectivity index (χ0v) is 12.4. The van der Waals surface area contributed by atoms with Crippen molar-refractivity contribution >= 4 is 12.1 Å². The molecule has 1 fully saturated rings. The molecular formula is C14H25NO4. The fourth-order valence-corrected chi connectivity index (χ4v) is 2.51. The number of carbonyl (C=O) groups excluding carboxylic acids is 1. The van der Waals surface area contributed by atoms with E-state index in [1.807, 2.05) is 0 Å². The van der Waals surface area contributed by atoms with E-state index in [1.54, 1.807) is 20.8 Å². The number of aliphatic carboxylic acids is 1. The summed E-state index contributed by atoms with van der Waals surface area (Å²) in [5, 5.41) is 12.0. The number of carboxylic acids is 1. The zero-order valence-electron chi connectivity index (χ0n) is 12.4. The SMILES string of the molecule is CC(C)C[C@@H]1CC[C@]1(NC(=O)OC(C)(C)C)C(=O)O. The predicted octanol–water partition coefficient (Wildman–Crippen LogP) is 2.79. The van der Waals surface area contributed by atoms with Crippen molar-refractivity contribution in [3.05, 3.63) is 0 Å². The standard InChI is InChI=1S/C14H25NO4/c1-9(2)8-10-6-7-14(10,11(16)17)15-12(18)19-13(3,4)5/h9-10H,6-8H2,1-5H3,(H,15,18)(H,16,17)/t10-,14+/m0/s1. The third-order valence-corrected chi connectivity index (χ3v) is 3.45. The zero-order chi connectivity index (χ0) is 14.8. The lowest BCUT2D eigenvalue weighted by atomic mass is 9.63. The van der Waals surface area contributed by atoms with E-state index in [-0.39, 0.29) is 5.92 Å². The van der Waals surface area contributed by atoms with Crippen LogP contribution in [-0.4, -0.2) is 28.3 Å². The van der Waals surface area contributed by atoms with Crippen LogP contribution in [0.25, 0.3) is 0 Å². The van der Waals surface area contributed by atoms with Crippen molar-refractivity contribution < 1.29 is 19.4 Å². The number of hydrogen-bond donors (Lipinski definition) is 2. The van der Waals surface area contributed by atoms with Gasteiger partial charge in [0.1, 0.15) is 11.1 Å². The summed E-state index contributed by atoms with van der Waals surface area (Å²) in [6.07, 6.45) is 1.45. The molecule has 0 aromatic rings. The number of alkyl carbamates (subject to hydrolysis) is 1. The Morgan fingerprint density at radius 2 is 2.00 bits per heavy atom. The molecule has 110 valence electrons. The van der Waals surface area contributed by atoms with E-state index < -0.39 is 23.2 Å². The van der Waals surface area contributed by atoms with Crippen LogP contribution in [0.2, 0.25) is 0 Å². The Balaban J connectivity index is 2.74. The Morgan fingerprint density at radius 3 is 2.32 bits per heavy atom. The number of rotatable bonds is 4. The van der Waals surface area contributed by atoms with Gasteiger partial charge in [0.2, 0.25) is 0 Å². The monoisotopic (exact) mass is 271 g/mol. The molecule has 0 aromatic heterocycles. The summed E-state index contributed by atoms with van der Waals surface area (Å²) in [6.45, 7) is 9.38. The van der Waals surface area contributed by atoms with Gasteiger partial charge in [-0.3, -0.25) is 0 Å². The first kappa shape index (κ1) is 15.8. The first-order valence-electron chi connectivity index (χ1n) is 6.81. The lowest BCUT2D eigenvalue weighted by molar-refractivity contribution is -0.153. The van der Waals surface area contributed by atoms with Crippen molar-refractivity contribution in [1.29, 1.82) is 0 Å². The highest BCUT2D eigenvalue weighted by atomic mass is 16.6. The Kier molecular flexibility index (Phi) is 4.48. The number of nitrogens with one attached hydrogen (secondary N) is 1. The summed E-state index contributed by atoms with van der Waals surface area (Å²) in [5.74, 6) is -0.572. The molecule has 0 aromatic carbocycles. The second-order valence-electron chi connectivity index (χ2n) is 6.77. The van der Waals surface area contributed by atoms with E-state index in [0.29, 0.717) is 12.3 Å². The van der Waals surface area contributed by atoms with Gasteiger partial charge in [-0.1, -0.05) is 13.8 Å². The molecule has 0 radical (unpaired) electrons. The highest BCUT2D eigenvalue weighted by Crippen LogP contribution is 2.43. The van der Waals surface area contributed by atoms with Crippen molar-refractivity contribution in [2.45, 2.75) is 65.0 Å². The minimum atomic E-state index is -1.15. The van der Waals surface area contributed by atoms with Crippen molar-refractivity contribution in [3.8, 4) is 0 Å². The molecule has 0 heterocycles. The molecule has 0 unspecified atom stereocenters. The second-order valence-corrected chi connectivity index (χ2v) is 6.77. The molecule has 0 saturated heterocycles. The number of carboxylic acid groups (broad SMARTS) is 1. The van der Waals surface area contributed by atoms with E-state index in [9.17, 15) is 14.7 Å². The minimum Gasteiger partial charge on any atom is -0.479 e. The molecule has 1 aliphatic carbocycles. The van der Waals surface area contributed by atoms with Crippen LogP contribution >= 0.6 is 0 Å². The Hall–Kier alpha value is -1.26. The van der Waals surface area contributed by atoms with Crippen molar-refractivity contribution in [2.75, 3.05) is 0 Å². The van der Waals surface area contributed by atoms with Gasteiger partial charge in [0, 0.05) is 0 Å². The Morgan fingerprint density at radius 1 is 1.42 bits per heavy atom. The summed E-state index contributed by atoms with van der Waals surface area (Å²) in [6, 6.07) is 0. The average Bonchev–Trinajstić information content (AvgIpc) is 2.17. The van der Waals surface area contributed by atoms with E-state index in [1.165, 1.54) is 0 Å². The fourth-order valence-electron chi connectivity index (χ4n) is 2.51. The molecule has 0 spiro atoms. The molecule has 0 bridgehead atoms. The van der Waals surface area contributed by atoms with Gasteiger partial charge in [0.25, 0.3) is 0 Å². The van der Waals surface area contributed by atoms with Crippen LogP contribution in [0.1, 0.15) is 53.9 Å². The lowest BCUT2D eigenvalue weighted by Gasteiger charge is -2.47. The molecule has 5 nitrogen and oxygen atoms in total.